The average molecular weight is 344 g/mol. The molecule has 0 amide bonds. The molecule has 3 heteroatoms. The van der Waals surface area contributed by atoms with Gasteiger partial charge in [0, 0.05) is 22.7 Å². The summed E-state index contributed by atoms with van der Waals surface area (Å²) in [5.74, 6) is 0. The van der Waals surface area contributed by atoms with Crippen molar-refractivity contribution in [1.82, 2.24) is 10.2 Å². The van der Waals surface area contributed by atoms with E-state index in [2.05, 4.69) is 64.1 Å². The van der Waals surface area contributed by atoms with E-state index in [1.807, 2.05) is 0 Å². The molecular weight excluding hydrogens is 323 g/mol. The van der Waals surface area contributed by atoms with Crippen LogP contribution in [0.15, 0.2) is 24.3 Å². The molecule has 0 radical (unpaired) electrons. The summed E-state index contributed by atoms with van der Waals surface area (Å²) in [5, 5.41) is 3.60. The van der Waals surface area contributed by atoms with Crippen LogP contribution >= 0.6 is 22.6 Å². The van der Waals surface area contributed by atoms with Gasteiger partial charge in [-0.3, -0.25) is 0 Å². The van der Waals surface area contributed by atoms with Crippen LogP contribution in [0, 0.1) is 3.57 Å². The topological polar surface area (TPSA) is 15.3 Å². The first-order valence-electron chi connectivity index (χ1n) is 6.40. The first-order valence-corrected chi connectivity index (χ1v) is 7.48. The van der Waals surface area contributed by atoms with Crippen molar-refractivity contribution in [3.63, 3.8) is 0 Å². The van der Waals surface area contributed by atoms with Gasteiger partial charge in [0.25, 0.3) is 0 Å². The lowest BCUT2D eigenvalue weighted by Gasteiger charge is -2.28. The molecular formula is C14H21IN2. The highest BCUT2D eigenvalue weighted by Gasteiger charge is 2.14. The highest BCUT2D eigenvalue weighted by molar-refractivity contribution is 14.1. The Kier molecular flexibility index (Phi) is 5.25. The fraction of sp³-hybridized carbons (Fsp3) is 0.571. The lowest BCUT2D eigenvalue weighted by atomic mass is 10.0. The van der Waals surface area contributed by atoms with Crippen LogP contribution in [-0.4, -0.2) is 31.1 Å². The minimum absolute atomic E-state index is 0.692. The monoisotopic (exact) mass is 344 g/mol. The van der Waals surface area contributed by atoms with Gasteiger partial charge in [-0.15, -0.1) is 0 Å². The van der Waals surface area contributed by atoms with E-state index in [0.29, 0.717) is 6.04 Å². The quantitative estimate of drug-likeness (QED) is 0.845. The van der Waals surface area contributed by atoms with Crippen molar-refractivity contribution in [2.24, 2.45) is 0 Å². The molecule has 1 N–H and O–H groups in total. The van der Waals surface area contributed by atoms with Gasteiger partial charge in [-0.05, 0) is 66.7 Å². The van der Waals surface area contributed by atoms with Crippen LogP contribution in [0.1, 0.15) is 24.8 Å². The molecule has 17 heavy (non-hydrogen) atoms. The molecule has 0 aliphatic carbocycles. The SMILES string of the molecule is CN(Cc1ccc(I)cc1)CC1CCCCN1. The molecule has 1 aliphatic rings. The largest absolute Gasteiger partial charge is 0.313 e. The van der Waals surface area contributed by atoms with Crippen LogP contribution in [0.25, 0.3) is 0 Å². The maximum absolute atomic E-state index is 3.60. The van der Waals surface area contributed by atoms with Crippen LogP contribution in [0.2, 0.25) is 0 Å². The fourth-order valence-electron chi connectivity index (χ4n) is 2.42. The van der Waals surface area contributed by atoms with Crippen LogP contribution in [0.5, 0.6) is 0 Å². The van der Waals surface area contributed by atoms with Gasteiger partial charge in [0.05, 0.1) is 0 Å². The van der Waals surface area contributed by atoms with Crippen molar-refractivity contribution in [3.05, 3.63) is 33.4 Å². The second-order valence-electron chi connectivity index (χ2n) is 4.97. The third-order valence-electron chi connectivity index (χ3n) is 3.31. The van der Waals surface area contributed by atoms with E-state index in [-0.39, 0.29) is 0 Å². The molecule has 0 bridgehead atoms. The summed E-state index contributed by atoms with van der Waals surface area (Å²) < 4.78 is 1.31. The number of rotatable bonds is 4. The normalized spacial score (nSPS) is 20.8. The Morgan fingerprint density at radius 1 is 1.29 bits per heavy atom. The van der Waals surface area contributed by atoms with Crippen LogP contribution in [0.3, 0.4) is 0 Å². The molecule has 94 valence electrons. The lowest BCUT2D eigenvalue weighted by Crippen LogP contribution is -2.42. The van der Waals surface area contributed by atoms with Gasteiger partial charge < -0.3 is 10.2 Å². The molecule has 1 aromatic rings. The predicted octanol–water partition coefficient (Wildman–Crippen LogP) is 2.87. The van der Waals surface area contributed by atoms with Gasteiger partial charge in [-0.2, -0.15) is 0 Å². The number of hydrogen-bond donors (Lipinski definition) is 1. The average Bonchev–Trinajstić information content (AvgIpc) is 2.33. The van der Waals surface area contributed by atoms with Crippen molar-refractivity contribution >= 4 is 22.6 Å². The van der Waals surface area contributed by atoms with Crippen LogP contribution < -0.4 is 5.32 Å². The van der Waals surface area contributed by atoms with Gasteiger partial charge in [-0.25, -0.2) is 0 Å². The van der Waals surface area contributed by atoms with E-state index in [1.165, 1.54) is 34.9 Å². The van der Waals surface area contributed by atoms with Crippen molar-refractivity contribution in [3.8, 4) is 0 Å². The second-order valence-corrected chi connectivity index (χ2v) is 6.22. The summed E-state index contributed by atoms with van der Waals surface area (Å²) in [6.07, 6.45) is 4.06. The first-order chi connectivity index (χ1) is 8.24. The zero-order valence-electron chi connectivity index (χ0n) is 10.5. The van der Waals surface area contributed by atoms with E-state index in [0.717, 1.165) is 13.1 Å². The van der Waals surface area contributed by atoms with E-state index in [1.54, 1.807) is 0 Å². The highest BCUT2D eigenvalue weighted by Crippen LogP contribution is 2.11. The molecule has 1 fully saturated rings. The molecule has 1 unspecified atom stereocenters. The van der Waals surface area contributed by atoms with Crippen molar-refractivity contribution < 1.29 is 0 Å². The molecule has 0 spiro atoms. The van der Waals surface area contributed by atoms with Crippen molar-refractivity contribution in [2.75, 3.05) is 20.1 Å². The lowest BCUT2D eigenvalue weighted by molar-refractivity contribution is 0.256. The number of nitrogens with one attached hydrogen (secondary N) is 1. The molecule has 2 rings (SSSR count). The summed E-state index contributed by atoms with van der Waals surface area (Å²) in [4.78, 5) is 2.42. The van der Waals surface area contributed by atoms with E-state index in [4.69, 9.17) is 0 Å². The zero-order chi connectivity index (χ0) is 12.1. The Labute approximate surface area is 118 Å². The number of likely N-dealkylation sites (N-methyl/N-ethyl adjacent to an activating group) is 1. The van der Waals surface area contributed by atoms with Crippen molar-refractivity contribution in [2.45, 2.75) is 31.8 Å². The van der Waals surface area contributed by atoms with Crippen LogP contribution in [0.4, 0.5) is 0 Å². The summed E-state index contributed by atoms with van der Waals surface area (Å²) >= 11 is 2.35. The molecule has 0 saturated carbocycles. The number of benzene rings is 1. The minimum atomic E-state index is 0.692. The van der Waals surface area contributed by atoms with Gasteiger partial charge >= 0.3 is 0 Å². The predicted molar refractivity (Wildman–Crippen MR) is 81.1 cm³/mol. The maximum atomic E-state index is 3.60. The third kappa shape index (κ3) is 4.56. The number of halogens is 1. The van der Waals surface area contributed by atoms with Gasteiger partial charge in [-0.1, -0.05) is 18.6 Å². The number of hydrogen-bond acceptors (Lipinski definition) is 2. The van der Waals surface area contributed by atoms with Gasteiger partial charge in [0.15, 0.2) is 0 Å². The van der Waals surface area contributed by atoms with Gasteiger partial charge in [0.1, 0.15) is 0 Å². The fourth-order valence-corrected chi connectivity index (χ4v) is 2.78. The molecule has 2 nitrogen and oxygen atoms in total. The molecule has 1 atom stereocenters. The Morgan fingerprint density at radius 3 is 2.71 bits per heavy atom. The van der Waals surface area contributed by atoms with E-state index >= 15 is 0 Å². The zero-order valence-corrected chi connectivity index (χ0v) is 12.6. The first kappa shape index (κ1) is 13.3. The summed E-state index contributed by atoms with van der Waals surface area (Å²) in [6.45, 7) is 3.41. The minimum Gasteiger partial charge on any atom is -0.313 e. The Balaban J connectivity index is 1.79. The summed E-state index contributed by atoms with van der Waals surface area (Å²) in [7, 11) is 2.22. The standard InChI is InChI=1S/C14H21IN2/c1-17(11-14-4-2-3-9-16-14)10-12-5-7-13(15)8-6-12/h5-8,14,16H,2-4,9-11H2,1H3. The molecule has 0 aromatic heterocycles. The molecule has 1 saturated heterocycles. The maximum Gasteiger partial charge on any atom is 0.0231 e. The third-order valence-corrected chi connectivity index (χ3v) is 4.03. The van der Waals surface area contributed by atoms with Gasteiger partial charge in [0.2, 0.25) is 0 Å². The van der Waals surface area contributed by atoms with Crippen LogP contribution in [-0.2, 0) is 6.54 Å². The Hall–Kier alpha value is -0.130. The highest BCUT2D eigenvalue weighted by atomic mass is 127. The number of nitrogens with zero attached hydrogens (tertiary/aromatic N) is 1. The second kappa shape index (κ2) is 6.71. The van der Waals surface area contributed by atoms with E-state index < -0.39 is 0 Å². The Bertz CT molecular complexity index is 331. The van der Waals surface area contributed by atoms with Crippen molar-refractivity contribution in [1.29, 1.82) is 0 Å². The molecule has 1 heterocycles. The summed E-state index contributed by atoms with van der Waals surface area (Å²) in [5.41, 5.74) is 1.41. The van der Waals surface area contributed by atoms with E-state index in [9.17, 15) is 0 Å². The summed E-state index contributed by atoms with van der Waals surface area (Å²) in [6, 6.07) is 9.52. The molecule has 1 aromatic carbocycles. The molecule has 1 aliphatic heterocycles. The number of piperidine rings is 1. The smallest absolute Gasteiger partial charge is 0.0231 e. The Morgan fingerprint density at radius 2 is 2.06 bits per heavy atom.